The van der Waals surface area contributed by atoms with Gasteiger partial charge in [0.05, 0.1) is 16.1 Å². The number of aromatic nitrogens is 1. The lowest BCUT2D eigenvalue weighted by atomic mass is 10.0. The van der Waals surface area contributed by atoms with Crippen molar-refractivity contribution in [2.24, 2.45) is 0 Å². The van der Waals surface area contributed by atoms with Gasteiger partial charge in [-0.3, -0.25) is 0 Å². The third-order valence-corrected chi connectivity index (χ3v) is 3.55. The molecule has 0 amide bonds. The van der Waals surface area contributed by atoms with Crippen molar-refractivity contribution in [1.82, 2.24) is 4.98 Å². The van der Waals surface area contributed by atoms with Crippen LogP contribution in [-0.2, 0) is 0 Å². The van der Waals surface area contributed by atoms with E-state index in [1.54, 1.807) is 17.6 Å². The van der Waals surface area contributed by atoms with Gasteiger partial charge in [-0.05, 0) is 19.1 Å². The number of nitrogens with zero attached hydrogens (tertiary/aromatic N) is 1. The van der Waals surface area contributed by atoms with E-state index in [4.69, 9.17) is 4.42 Å². The molecule has 0 unspecified atom stereocenters. The van der Waals surface area contributed by atoms with E-state index >= 15 is 0 Å². The SMILES string of the molecule is Cc1ncc(-c2ccccc2-c2ccco2)s1. The van der Waals surface area contributed by atoms with E-state index in [0.717, 1.165) is 16.3 Å². The summed E-state index contributed by atoms with van der Waals surface area (Å²) in [5.41, 5.74) is 2.29. The minimum absolute atomic E-state index is 0.895. The zero-order chi connectivity index (χ0) is 11.7. The lowest BCUT2D eigenvalue weighted by Gasteiger charge is -2.04. The maximum Gasteiger partial charge on any atom is 0.134 e. The smallest absolute Gasteiger partial charge is 0.134 e. The van der Waals surface area contributed by atoms with Gasteiger partial charge in [0.25, 0.3) is 0 Å². The van der Waals surface area contributed by atoms with Crippen molar-refractivity contribution >= 4 is 11.3 Å². The molecule has 0 aliphatic heterocycles. The fourth-order valence-corrected chi connectivity index (χ4v) is 2.65. The van der Waals surface area contributed by atoms with Gasteiger partial charge in [0.2, 0.25) is 0 Å². The molecular formula is C14H11NOS. The second-order valence-corrected chi connectivity index (χ2v) is 5.00. The van der Waals surface area contributed by atoms with Crippen LogP contribution in [0.3, 0.4) is 0 Å². The van der Waals surface area contributed by atoms with E-state index in [0.29, 0.717) is 0 Å². The highest BCUT2D eigenvalue weighted by Crippen LogP contribution is 2.34. The van der Waals surface area contributed by atoms with Crippen molar-refractivity contribution in [3.8, 4) is 21.8 Å². The molecule has 0 fully saturated rings. The Balaban J connectivity index is 2.17. The summed E-state index contributed by atoms with van der Waals surface area (Å²) in [6, 6.07) is 12.1. The fraction of sp³-hybridized carbons (Fsp3) is 0.0714. The molecule has 0 aliphatic rings. The van der Waals surface area contributed by atoms with Crippen LogP contribution in [0.1, 0.15) is 5.01 Å². The molecule has 2 nitrogen and oxygen atoms in total. The number of thiazole rings is 1. The Morgan fingerprint density at radius 3 is 2.53 bits per heavy atom. The van der Waals surface area contributed by atoms with Gasteiger partial charge in [-0.15, -0.1) is 11.3 Å². The maximum absolute atomic E-state index is 5.47. The molecule has 17 heavy (non-hydrogen) atoms. The number of hydrogen-bond donors (Lipinski definition) is 0. The predicted octanol–water partition coefficient (Wildman–Crippen LogP) is 4.38. The highest BCUT2D eigenvalue weighted by molar-refractivity contribution is 7.15. The van der Waals surface area contributed by atoms with Crippen molar-refractivity contribution in [3.63, 3.8) is 0 Å². The highest BCUT2D eigenvalue weighted by Gasteiger charge is 2.10. The highest BCUT2D eigenvalue weighted by atomic mass is 32.1. The minimum atomic E-state index is 0.895. The van der Waals surface area contributed by atoms with Crippen LogP contribution in [0, 0.1) is 6.92 Å². The average Bonchev–Trinajstić information content (AvgIpc) is 3.00. The Labute approximate surface area is 104 Å². The zero-order valence-corrected chi connectivity index (χ0v) is 10.2. The number of benzene rings is 1. The molecule has 0 radical (unpaired) electrons. The molecule has 2 heterocycles. The number of hydrogen-bond acceptors (Lipinski definition) is 3. The predicted molar refractivity (Wildman–Crippen MR) is 70.0 cm³/mol. The van der Waals surface area contributed by atoms with Gasteiger partial charge in [0.1, 0.15) is 5.76 Å². The Morgan fingerprint density at radius 1 is 1.06 bits per heavy atom. The summed E-state index contributed by atoms with van der Waals surface area (Å²) >= 11 is 1.70. The standard InChI is InChI=1S/C14H11NOS/c1-10-15-9-14(17-10)12-6-3-2-5-11(12)13-7-4-8-16-13/h2-9H,1H3. The topological polar surface area (TPSA) is 26.0 Å². The largest absolute Gasteiger partial charge is 0.464 e. The molecular weight excluding hydrogens is 230 g/mol. The van der Waals surface area contributed by atoms with Crippen molar-refractivity contribution < 1.29 is 4.42 Å². The summed E-state index contributed by atoms with van der Waals surface area (Å²) in [4.78, 5) is 5.48. The quantitative estimate of drug-likeness (QED) is 0.665. The van der Waals surface area contributed by atoms with Crippen molar-refractivity contribution in [1.29, 1.82) is 0 Å². The van der Waals surface area contributed by atoms with Gasteiger partial charge in [0, 0.05) is 17.3 Å². The van der Waals surface area contributed by atoms with Crippen LogP contribution in [0.25, 0.3) is 21.8 Å². The summed E-state index contributed by atoms with van der Waals surface area (Å²) < 4.78 is 5.47. The summed E-state index contributed by atoms with van der Waals surface area (Å²) in [5.74, 6) is 0.895. The number of aryl methyl sites for hydroxylation is 1. The monoisotopic (exact) mass is 241 g/mol. The van der Waals surface area contributed by atoms with Crippen LogP contribution in [0.4, 0.5) is 0 Å². The fourth-order valence-electron chi connectivity index (χ4n) is 1.83. The maximum atomic E-state index is 5.47. The lowest BCUT2D eigenvalue weighted by molar-refractivity contribution is 0.582. The van der Waals surface area contributed by atoms with Crippen LogP contribution >= 0.6 is 11.3 Å². The normalized spacial score (nSPS) is 10.6. The van der Waals surface area contributed by atoms with Crippen LogP contribution in [0.15, 0.2) is 53.3 Å². The second-order valence-electron chi connectivity index (χ2n) is 3.77. The van der Waals surface area contributed by atoms with Gasteiger partial charge in [-0.25, -0.2) is 4.98 Å². The Bertz CT molecular complexity index is 625. The first-order chi connectivity index (χ1) is 8.34. The molecule has 3 rings (SSSR count). The Kier molecular flexibility index (Phi) is 2.53. The van der Waals surface area contributed by atoms with Gasteiger partial charge in [-0.1, -0.05) is 24.3 Å². The van der Waals surface area contributed by atoms with Crippen LogP contribution < -0.4 is 0 Å². The van der Waals surface area contributed by atoms with E-state index < -0.39 is 0 Å². The van der Waals surface area contributed by atoms with E-state index in [1.807, 2.05) is 37.4 Å². The van der Waals surface area contributed by atoms with Crippen LogP contribution in [0.2, 0.25) is 0 Å². The molecule has 0 saturated heterocycles. The Morgan fingerprint density at radius 2 is 1.88 bits per heavy atom. The average molecular weight is 241 g/mol. The second kappa shape index (κ2) is 4.18. The molecule has 0 saturated carbocycles. The van der Waals surface area contributed by atoms with Crippen molar-refractivity contribution in [3.05, 3.63) is 53.9 Å². The molecule has 0 atom stereocenters. The molecule has 0 spiro atoms. The van der Waals surface area contributed by atoms with Gasteiger partial charge < -0.3 is 4.42 Å². The minimum Gasteiger partial charge on any atom is -0.464 e. The first-order valence-corrected chi connectivity index (χ1v) is 6.22. The molecule has 2 aromatic heterocycles. The first kappa shape index (κ1) is 10.3. The van der Waals surface area contributed by atoms with Gasteiger partial charge >= 0.3 is 0 Å². The van der Waals surface area contributed by atoms with E-state index in [-0.39, 0.29) is 0 Å². The van der Waals surface area contributed by atoms with E-state index in [2.05, 4.69) is 17.1 Å². The summed E-state index contributed by atoms with van der Waals surface area (Å²) in [7, 11) is 0. The summed E-state index contributed by atoms with van der Waals surface area (Å²) in [6.07, 6.45) is 3.62. The molecule has 84 valence electrons. The summed E-state index contributed by atoms with van der Waals surface area (Å²) in [5, 5.41) is 1.08. The Hall–Kier alpha value is -1.87. The third-order valence-electron chi connectivity index (χ3n) is 2.60. The summed E-state index contributed by atoms with van der Waals surface area (Å²) in [6.45, 7) is 2.02. The zero-order valence-electron chi connectivity index (χ0n) is 9.38. The van der Waals surface area contributed by atoms with Gasteiger partial charge in [0.15, 0.2) is 0 Å². The van der Waals surface area contributed by atoms with E-state index in [1.165, 1.54) is 10.4 Å². The molecule has 0 aliphatic carbocycles. The van der Waals surface area contributed by atoms with Crippen molar-refractivity contribution in [2.45, 2.75) is 6.92 Å². The van der Waals surface area contributed by atoms with Crippen molar-refractivity contribution in [2.75, 3.05) is 0 Å². The number of furan rings is 1. The molecule has 3 aromatic rings. The molecule has 1 aromatic carbocycles. The molecule has 3 heteroatoms. The first-order valence-electron chi connectivity index (χ1n) is 5.40. The lowest BCUT2D eigenvalue weighted by Crippen LogP contribution is -1.79. The van der Waals surface area contributed by atoms with E-state index in [9.17, 15) is 0 Å². The molecule has 0 bridgehead atoms. The molecule has 0 N–H and O–H groups in total. The van der Waals surface area contributed by atoms with Gasteiger partial charge in [-0.2, -0.15) is 0 Å². The van der Waals surface area contributed by atoms with Crippen LogP contribution in [0.5, 0.6) is 0 Å². The van der Waals surface area contributed by atoms with Crippen LogP contribution in [-0.4, -0.2) is 4.98 Å². The third kappa shape index (κ3) is 1.89. The number of rotatable bonds is 2.